The molecule has 144 heavy (non-hydrogen) atoms. The fraction of sp³-hybridized carbons (Fsp3) is 0.363. The summed E-state index contributed by atoms with van der Waals surface area (Å²) in [4.78, 5) is 53.7. The first-order valence-corrected chi connectivity index (χ1v) is 50.0. The highest BCUT2D eigenvalue weighted by Crippen LogP contribution is 2.49. The topological polar surface area (TPSA) is 453 Å². The summed E-state index contributed by atoms with van der Waals surface area (Å²) >= 11 is 12.5. The molecule has 5 aliphatic carbocycles. The Morgan fingerprint density at radius 2 is 0.674 bits per heavy atom. The maximum Gasteiger partial charge on any atom is 0.416 e. The Balaban J connectivity index is 0.000000106. The first-order valence-electron chi connectivity index (χ1n) is 49.3. The molecule has 25 rings (SSSR count). The standard InChI is InChI=1S/C21H22F3N7.C21H23FN6.2C20H22ClN7.C20H21F2N7/c22-21(23,24)14-5-2-1-4-13(14)16-6-3-9-31(16)19-11-17(27-20(25)28-19)26-18-10-15(29-30-18)12-7-8-12;22-19-20(25-18-12-16(26-27-18)14-9-10-14)23-13-24-21(19)28-11-5-4-8-17(28)15-6-2-1-3-7-15;21-14-7-5-13(6-8-14)16-2-1-9-28(16)19-11-17(24-20(22)25-19)23-18-10-15(26-27-18)12-3-4-12;21-14-5-2-1-4-13(14)16-6-3-9-28(16)19-11-17(24-20(22)25-19)23-18-10-15(26-27-18)12-7-8-12;21-12-5-6-13(14(22)8-12)16-2-1-7-29(16)19-10-17(25-20(23)26-19)24-18-9-15(27-28-18)11-3-4-11/h1-2,4-5,10-12,16H,3,6-9H2,(H4,25,26,27,28,29,30);1-3,6-7,12-14,17H,4-5,8-11H2,(H2,23,24,25,26,27);5-8,10-12,16H,1-4,9H2,(H4,22,23,24,25,26,27);1-2,4-5,10-12,16H,3,6-9H2,(H4,22,23,24,25,26,27);5-6,8-11,16H,1-4,7H2,(H4,23,24,25,26,27,28). The molecular weight excluding hydrogens is 1890 g/mol. The van der Waals surface area contributed by atoms with Crippen molar-refractivity contribution < 1.29 is 26.3 Å². The van der Waals surface area contributed by atoms with Crippen molar-refractivity contribution in [3.63, 3.8) is 0 Å². The third-order valence-electron chi connectivity index (χ3n) is 27.6. The summed E-state index contributed by atoms with van der Waals surface area (Å²) in [6.45, 7) is 3.89. The lowest BCUT2D eigenvalue weighted by atomic mass is 9.95. The van der Waals surface area contributed by atoms with Gasteiger partial charge < -0.3 is 74.0 Å². The highest BCUT2D eigenvalue weighted by Gasteiger charge is 2.41. The van der Waals surface area contributed by atoms with E-state index < -0.39 is 35.2 Å². The molecule has 15 heterocycles. The van der Waals surface area contributed by atoms with Crippen LogP contribution >= 0.6 is 23.2 Å². The average molecular weight is 2000 g/mol. The molecule has 15 aromatic rings. The number of benzene rings is 5. The molecule has 0 spiro atoms. The normalized spacial score (nSPS) is 19.2. The van der Waals surface area contributed by atoms with E-state index in [1.807, 2.05) is 101 Å². The second kappa shape index (κ2) is 41.8. The second-order valence-corrected chi connectivity index (χ2v) is 39.0. The molecule has 10 aromatic heterocycles. The van der Waals surface area contributed by atoms with Crippen LogP contribution in [0.15, 0.2) is 182 Å². The summed E-state index contributed by atoms with van der Waals surface area (Å²) in [5.41, 5.74) is 33.2. The van der Waals surface area contributed by atoms with Crippen LogP contribution < -0.4 is 74.0 Å². The molecule has 744 valence electrons. The molecule has 34 nitrogen and oxygen atoms in total. The predicted molar refractivity (Wildman–Crippen MR) is 545 cm³/mol. The van der Waals surface area contributed by atoms with Crippen molar-refractivity contribution in [1.82, 2.24) is 101 Å². The summed E-state index contributed by atoms with van der Waals surface area (Å²) in [6, 6.07) is 52.9. The quantitative estimate of drug-likeness (QED) is 0.0236. The average Bonchev–Trinajstić information content (AvgIpc) is 1.46. The van der Waals surface area contributed by atoms with Crippen molar-refractivity contribution in [2.75, 3.05) is 107 Å². The monoisotopic (exact) mass is 1990 g/mol. The van der Waals surface area contributed by atoms with Crippen LogP contribution in [0.2, 0.25) is 10.0 Å². The lowest BCUT2D eigenvalue weighted by molar-refractivity contribution is -0.138. The first kappa shape index (κ1) is 95.1. The Kier molecular flexibility index (Phi) is 27.6. The van der Waals surface area contributed by atoms with E-state index >= 15 is 4.39 Å². The van der Waals surface area contributed by atoms with E-state index in [-0.39, 0.29) is 59.3 Å². The van der Waals surface area contributed by atoms with Gasteiger partial charge in [-0.3, -0.25) is 25.5 Å². The van der Waals surface area contributed by atoms with Gasteiger partial charge >= 0.3 is 6.18 Å². The van der Waals surface area contributed by atoms with Crippen LogP contribution in [0, 0.1) is 17.5 Å². The third kappa shape index (κ3) is 22.8. The van der Waals surface area contributed by atoms with Crippen molar-refractivity contribution in [1.29, 1.82) is 0 Å². The molecular formula is C102H110Cl2F6N34. The number of nitrogens with zero attached hydrogens (tertiary/aromatic N) is 20. The van der Waals surface area contributed by atoms with Crippen LogP contribution in [0.25, 0.3) is 0 Å². The Morgan fingerprint density at radius 1 is 0.319 bits per heavy atom. The number of halogens is 8. The number of aromatic amines is 5. The van der Waals surface area contributed by atoms with E-state index in [1.165, 1.54) is 98.4 Å². The smallest absolute Gasteiger partial charge is 0.368 e. The van der Waals surface area contributed by atoms with Crippen molar-refractivity contribution >= 4 is 134 Å². The number of nitrogens with two attached hydrogens (primary N) is 4. The number of hydrogen-bond acceptors (Lipinski definition) is 29. The second-order valence-electron chi connectivity index (χ2n) is 38.1. The lowest BCUT2D eigenvalue weighted by Gasteiger charge is -2.37. The van der Waals surface area contributed by atoms with Gasteiger partial charge in [0.15, 0.2) is 40.7 Å². The first-order chi connectivity index (χ1) is 70.1. The third-order valence-corrected chi connectivity index (χ3v) is 28.2. The number of anilines is 19. The Bertz CT molecular complexity index is 6980. The van der Waals surface area contributed by atoms with Gasteiger partial charge in [-0.2, -0.15) is 82.9 Å². The fourth-order valence-corrected chi connectivity index (χ4v) is 20.3. The predicted octanol–water partition coefficient (Wildman–Crippen LogP) is 22.3. The number of nitrogens with one attached hydrogen (secondary N) is 10. The highest BCUT2D eigenvalue weighted by atomic mass is 35.5. The van der Waals surface area contributed by atoms with Crippen LogP contribution in [0.1, 0.15) is 256 Å². The van der Waals surface area contributed by atoms with E-state index in [0.717, 1.165) is 165 Å². The molecule has 5 saturated carbocycles. The van der Waals surface area contributed by atoms with Gasteiger partial charge in [0.1, 0.15) is 64.5 Å². The van der Waals surface area contributed by atoms with Gasteiger partial charge in [0.05, 0.1) is 35.8 Å². The number of piperidine rings is 1. The van der Waals surface area contributed by atoms with Crippen molar-refractivity contribution in [2.45, 2.75) is 201 Å². The van der Waals surface area contributed by atoms with Gasteiger partial charge in [-0.05, 0) is 187 Å². The molecule has 5 aromatic carbocycles. The number of hydrogen-bond donors (Lipinski definition) is 14. The minimum absolute atomic E-state index is 0.0488. The highest BCUT2D eigenvalue weighted by molar-refractivity contribution is 6.31. The van der Waals surface area contributed by atoms with Crippen molar-refractivity contribution in [3.05, 3.63) is 272 Å². The minimum Gasteiger partial charge on any atom is -0.368 e. The van der Waals surface area contributed by atoms with Gasteiger partial charge in [-0.15, -0.1) is 0 Å². The van der Waals surface area contributed by atoms with E-state index in [2.05, 4.69) is 172 Å². The summed E-state index contributed by atoms with van der Waals surface area (Å²) in [5, 5.41) is 54.1. The summed E-state index contributed by atoms with van der Waals surface area (Å²) in [5.74, 6) is 10.9. The molecule has 42 heteroatoms. The van der Waals surface area contributed by atoms with Gasteiger partial charge in [0.2, 0.25) is 29.6 Å². The summed E-state index contributed by atoms with van der Waals surface area (Å²) < 4.78 is 83.8. The van der Waals surface area contributed by atoms with Crippen LogP contribution in [0.4, 0.5) is 137 Å². The number of aromatic nitrogens is 20. The maximum atomic E-state index is 15.3. The number of nitrogen functional groups attached to an aromatic ring is 4. The lowest BCUT2D eigenvalue weighted by Crippen LogP contribution is -2.34. The van der Waals surface area contributed by atoms with Gasteiger partial charge in [-0.1, -0.05) is 108 Å². The van der Waals surface area contributed by atoms with Crippen molar-refractivity contribution in [3.8, 4) is 0 Å². The summed E-state index contributed by atoms with van der Waals surface area (Å²) in [7, 11) is 0. The molecule has 0 bridgehead atoms. The zero-order valence-corrected chi connectivity index (χ0v) is 80.3. The largest absolute Gasteiger partial charge is 0.416 e. The molecule has 5 unspecified atom stereocenters. The van der Waals surface area contributed by atoms with E-state index in [4.69, 9.17) is 46.1 Å². The number of rotatable bonds is 25. The zero-order chi connectivity index (χ0) is 98.6. The molecule has 0 radical (unpaired) electrons. The Hall–Kier alpha value is -15.1. The SMILES string of the molecule is Fc1c(Nc2cc(C3CC3)[nH]n2)ncnc1N1CCCCC1c1ccccc1.Nc1nc(Nc2cc(C3CC3)[nH]n2)cc(N2CCCC2c2ccc(Cl)cc2)n1.Nc1nc(Nc2cc(C3CC3)[nH]n2)cc(N2CCCC2c2ccc(F)cc2F)n1.Nc1nc(Nc2cc(C3CC3)[nH]n2)cc(N2CCCC2c2ccccc2C(F)(F)F)n1.Nc1nc(Nc2cc(C3CC3)[nH]n2)cc(N2CCCC2c2ccccc2Cl)n1. The minimum atomic E-state index is -4.42. The maximum absolute atomic E-state index is 15.3. The number of H-pyrrole nitrogens is 5. The molecule has 5 atom stereocenters. The van der Waals surface area contributed by atoms with Gasteiger partial charge in [-0.25, -0.2) is 18.7 Å². The van der Waals surface area contributed by atoms with Gasteiger partial charge in [0.25, 0.3) is 0 Å². The zero-order valence-electron chi connectivity index (χ0n) is 78.8. The van der Waals surface area contributed by atoms with Crippen LogP contribution in [0.5, 0.6) is 0 Å². The molecule has 10 aliphatic rings. The van der Waals surface area contributed by atoms with Crippen LogP contribution in [-0.4, -0.2) is 134 Å². The van der Waals surface area contributed by atoms with E-state index in [9.17, 15) is 22.0 Å². The van der Waals surface area contributed by atoms with Crippen LogP contribution in [0.3, 0.4) is 0 Å². The van der Waals surface area contributed by atoms with Crippen LogP contribution in [-0.2, 0) is 6.18 Å². The van der Waals surface area contributed by atoms with Gasteiger partial charge in [0, 0.05) is 167 Å². The van der Waals surface area contributed by atoms with E-state index in [0.29, 0.717) is 113 Å². The molecule has 18 N–H and O–H groups in total. The molecule has 5 aliphatic heterocycles. The fourth-order valence-electron chi connectivity index (χ4n) is 19.9. The summed E-state index contributed by atoms with van der Waals surface area (Å²) in [6.07, 6.45) is 19.4. The molecule has 0 amide bonds. The van der Waals surface area contributed by atoms with Crippen molar-refractivity contribution in [2.24, 2.45) is 0 Å². The number of alkyl halides is 3. The Morgan fingerprint density at radius 3 is 1.09 bits per heavy atom. The van der Waals surface area contributed by atoms with E-state index in [1.54, 1.807) is 24.3 Å². The molecule has 10 fully saturated rings. The molecule has 5 saturated heterocycles. The Labute approximate surface area is 835 Å².